The predicted octanol–water partition coefficient (Wildman–Crippen LogP) is 2.93. The molecule has 1 fully saturated rings. The van der Waals surface area contributed by atoms with Crippen LogP contribution in [0.1, 0.15) is 30.1 Å². The molecule has 0 saturated heterocycles. The number of carbonyl (C=O) groups excluding carboxylic acids is 1. The van der Waals surface area contributed by atoms with Crippen molar-refractivity contribution in [2.75, 3.05) is 0 Å². The highest BCUT2D eigenvalue weighted by Crippen LogP contribution is 2.33. The van der Waals surface area contributed by atoms with Gasteiger partial charge in [0.2, 0.25) is 0 Å². The Morgan fingerprint density at radius 3 is 2.55 bits per heavy atom. The average molecular weight is 340 g/mol. The van der Waals surface area contributed by atoms with Gasteiger partial charge in [0.1, 0.15) is 10.7 Å². The number of amides is 1. The minimum absolute atomic E-state index is 0.0892. The van der Waals surface area contributed by atoms with Crippen LogP contribution in [-0.2, 0) is 9.05 Å². The fourth-order valence-electron chi connectivity index (χ4n) is 1.89. The van der Waals surface area contributed by atoms with E-state index in [4.69, 9.17) is 22.3 Å². The largest absolute Gasteiger partial charge is 0.349 e. The van der Waals surface area contributed by atoms with Crippen LogP contribution in [0.5, 0.6) is 0 Å². The van der Waals surface area contributed by atoms with Crippen molar-refractivity contribution in [1.82, 2.24) is 5.32 Å². The fraction of sp³-hybridized carbons (Fsp3) is 0.417. The summed E-state index contributed by atoms with van der Waals surface area (Å²) in [5.41, 5.74) is -0.388. The highest BCUT2D eigenvalue weighted by atomic mass is 35.7. The van der Waals surface area contributed by atoms with E-state index in [-0.39, 0.29) is 16.6 Å². The minimum atomic E-state index is -4.15. The molecule has 1 atom stereocenters. The van der Waals surface area contributed by atoms with E-state index in [0.717, 1.165) is 25.0 Å². The zero-order valence-electron chi connectivity index (χ0n) is 10.5. The van der Waals surface area contributed by atoms with Gasteiger partial charge >= 0.3 is 0 Å². The van der Waals surface area contributed by atoms with Gasteiger partial charge in [-0.15, -0.1) is 0 Å². The topological polar surface area (TPSA) is 63.2 Å². The second kappa shape index (κ2) is 5.50. The van der Waals surface area contributed by atoms with Gasteiger partial charge in [0.15, 0.2) is 0 Å². The number of hydrogen-bond acceptors (Lipinski definition) is 3. The molecule has 1 aliphatic carbocycles. The summed E-state index contributed by atoms with van der Waals surface area (Å²) in [5, 5.41) is 2.28. The number of nitrogens with one attached hydrogen (secondary N) is 1. The Labute approximate surface area is 125 Å². The summed E-state index contributed by atoms with van der Waals surface area (Å²) in [6.07, 6.45) is 2.04. The molecule has 0 aliphatic heterocycles. The average Bonchev–Trinajstić information content (AvgIpc) is 3.10. The third-order valence-electron chi connectivity index (χ3n) is 3.22. The summed E-state index contributed by atoms with van der Waals surface area (Å²) in [4.78, 5) is 11.5. The minimum Gasteiger partial charge on any atom is -0.349 e. The van der Waals surface area contributed by atoms with Crippen LogP contribution >= 0.6 is 22.3 Å². The van der Waals surface area contributed by atoms with Crippen molar-refractivity contribution >= 4 is 37.2 Å². The van der Waals surface area contributed by atoms with E-state index >= 15 is 0 Å². The number of carbonyl (C=O) groups is 1. The maximum absolute atomic E-state index is 13.8. The Morgan fingerprint density at radius 2 is 2.05 bits per heavy atom. The summed E-state index contributed by atoms with van der Waals surface area (Å²) >= 11 is 5.62. The van der Waals surface area contributed by atoms with E-state index < -0.39 is 25.7 Å². The molecular formula is C12H12Cl2FNO3S. The normalized spacial score (nSPS) is 16.8. The molecule has 1 amide bonds. The van der Waals surface area contributed by atoms with E-state index in [1.165, 1.54) is 0 Å². The van der Waals surface area contributed by atoms with E-state index in [0.29, 0.717) is 5.92 Å². The van der Waals surface area contributed by atoms with Crippen LogP contribution in [0.4, 0.5) is 4.39 Å². The Kier molecular flexibility index (Phi) is 4.27. The van der Waals surface area contributed by atoms with Crippen molar-refractivity contribution in [2.45, 2.75) is 30.7 Å². The lowest BCUT2D eigenvalue weighted by Crippen LogP contribution is -2.34. The van der Waals surface area contributed by atoms with E-state index in [2.05, 4.69) is 5.32 Å². The lowest BCUT2D eigenvalue weighted by Gasteiger charge is -2.14. The van der Waals surface area contributed by atoms with Crippen LogP contribution < -0.4 is 5.32 Å². The molecule has 1 N–H and O–H groups in total. The molecule has 0 radical (unpaired) electrons. The van der Waals surface area contributed by atoms with Crippen LogP contribution in [0, 0.1) is 11.7 Å². The van der Waals surface area contributed by atoms with Crippen molar-refractivity contribution in [3.63, 3.8) is 0 Å². The van der Waals surface area contributed by atoms with Crippen molar-refractivity contribution in [2.24, 2.45) is 5.92 Å². The third-order valence-corrected chi connectivity index (χ3v) is 5.00. The van der Waals surface area contributed by atoms with Gasteiger partial charge in [-0.25, -0.2) is 12.8 Å². The van der Waals surface area contributed by atoms with Gasteiger partial charge in [0.05, 0.1) is 10.6 Å². The van der Waals surface area contributed by atoms with Crippen molar-refractivity contribution < 1.29 is 17.6 Å². The van der Waals surface area contributed by atoms with Gasteiger partial charge in [-0.05, 0) is 37.8 Å². The van der Waals surface area contributed by atoms with Crippen molar-refractivity contribution in [1.29, 1.82) is 0 Å². The summed E-state index contributed by atoms with van der Waals surface area (Å²) in [6, 6.07) is 1.54. The molecule has 0 spiro atoms. The molecule has 0 heterocycles. The van der Waals surface area contributed by atoms with Crippen LogP contribution in [-0.4, -0.2) is 20.4 Å². The number of rotatable bonds is 4. The zero-order chi connectivity index (χ0) is 15.1. The molecule has 1 saturated carbocycles. The molecule has 0 bridgehead atoms. The van der Waals surface area contributed by atoms with E-state index in [9.17, 15) is 17.6 Å². The van der Waals surface area contributed by atoms with Crippen LogP contribution in [0.15, 0.2) is 17.0 Å². The number of hydrogen-bond donors (Lipinski definition) is 1. The lowest BCUT2D eigenvalue weighted by atomic mass is 10.1. The predicted molar refractivity (Wildman–Crippen MR) is 74.1 cm³/mol. The number of benzene rings is 1. The molecule has 20 heavy (non-hydrogen) atoms. The maximum Gasteiger partial charge on any atom is 0.262 e. The first-order valence-corrected chi connectivity index (χ1v) is 8.63. The Balaban J connectivity index is 2.33. The maximum atomic E-state index is 13.8. The molecule has 2 rings (SSSR count). The lowest BCUT2D eigenvalue weighted by molar-refractivity contribution is 0.0931. The molecular weight excluding hydrogens is 328 g/mol. The SMILES string of the molecule is CC(NC(=O)c1cc(S(=O)(=O)Cl)c(Cl)cc1F)C1CC1. The van der Waals surface area contributed by atoms with Crippen LogP contribution in [0.25, 0.3) is 0 Å². The molecule has 110 valence electrons. The fourth-order valence-corrected chi connectivity index (χ4v) is 3.40. The number of halogens is 3. The monoisotopic (exact) mass is 339 g/mol. The van der Waals surface area contributed by atoms with Crippen molar-refractivity contribution in [3.05, 3.63) is 28.5 Å². The standard InChI is InChI=1S/C12H12Cl2FNO3S/c1-6(7-2-3-7)16-12(17)8-4-11(20(14,18)19)9(13)5-10(8)15/h4-7H,2-3H2,1H3,(H,16,17). The second-order valence-electron chi connectivity index (χ2n) is 4.80. The van der Waals surface area contributed by atoms with E-state index in [1.54, 1.807) is 0 Å². The molecule has 1 unspecified atom stereocenters. The Bertz CT molecular complexity index is 659. The molecule has 8 heteroatoms. The van der Waals surface area contributed by atoms with Gasteiger partial charge in [0, 0.05) is 16.7 Å². The first kappa shape index (κ1) is 15.5. The van der Waals surface area contributed by atoms with Crippen LogP contribution in [0.2, 0.25) is 5.02 Å². The molecule has 1 aliphatic rings. The molecule has 1 aromatic rings. The first-order chi connectivity index (χ1) is 9.20. The quantitative estimate of drug-likeness (QED) is 0.857. The molecule has 1 aromatic carbocycles. The second-order valence-corrected chi connectivity index (χ2v) is 7.74. The zero-order valence-corrected chi connectivity index (χ0v) is 12.8. The highest BCUT2D eigenvalue weighted by molar-refractivity contribution is 8.13. The summed E-state index contributed by atoms with van der Waals surface area (Å²) in [7, 11) is 1.05. The molecule has 0 aromatic heterocycles. The van der Waals surface area contributed by atoms with Gasteiger partial charge in [-0.3, -0.25) is 4.79 Å². The summed E-state index contributed by atoms with van der Waals surface area (Å²) < 4.78 is 36.4. The van der Waals surface area contributed by atoms with Gasteiger partial charge in [-0.1, -0.05) is 11.6 Å². The van der Waals surface area contributed by atoms with Crippen LogP contribution in [0.3, 0.4) is 0 Å². The smallest absolute Gasteiger partial charge is 0.262 e. The third kappa shape index (κ3) is 3.42. The van der Waals surface area contributed by atoms with Crippen molar-refractivity contribution in [3.8, 4) is 0 Å². The summed E-state index contributed by atoms with van der Waals surface area (Å²) in [6.45, 7) is 1.82. The Hall–Kier alpha value is -0.850. The van der Waals surface area contributed by atoms with Gasteiger partial charge in [-0.2, -0.15) is 0 Å². The Morgan fingerprint density at radius 1 is 1.45 bits per heavy atom. The van der Waals surface area contributed by atoms with Gasteiger partial charge < -0.3 is 5.32 Å². The highest BCUT2D eigenvalue weighted by Gasteiger charge is 2.30. The van der Waals surface area contributed by atoms with Gasteiger partial charge in [0.25, 0.3) is 15.0 Å². The molecule has 4 nitrogen and oxygen atoms in total. The first-order valence-electron chi connectivity index (χ1n) is 5.94. The summed E-state index contributed by atoms with van der Waals surface area (Å²) in [5.74, 6) is -1.18. The van der Waals surface area contributed by atoms with E-state index in [1.807, 2.05) is 6.92 Å².